The Balaban J connectivity index is 2.12. The van der Waals surface area contributed by atoms with Gasteiger partial charge in [0.05, 0.1) is 16.7 Å². The maximum Gasteiger partial charge on any atom is 0.107 e. The quantitative estimate of drug-likeness (QED) is 0.865. The second-order valence-corrected chi connectivity index (χ2v) is 4.54. The van der Waals surface area contributed by atoms with E-state index in [9.17, 15) is 0 Å². The number of halogens is 1. The molecule has 5 heteroatoms. The molecule has 3 heterocycles. The van der Waals surface area contributed by atoms with Crippen molar-refractivity contribution in [1.82, 2.24) is 20.1 Å². The Kier molecular flexibility index (Phi) is 2.49. The van der Waals surface area contributed by atoms with Crippen molar-refractivity contribution in [2.75, 3.05) is 6.54 Å². The zero-order chi connectivity index (χ0) is 11.0. The van der Waals surface area contributed by atoms with Gasteiger partial charge in [-0.2, -0.15) is 5.10 Å². The molecule has 0 saturated heterocycles. The maximum atomic E-state index is 4.62. The van der Waals surface area contributed by atoms with Crippen molar-refractivity contribution in [3.63, 3.8) is 0 Å². The third-order valence-electron chi connectivity index (χ3n) is 2.74. The van der Waals surface area contributed by atoms with Gasteiger partial charge >= 0.3 is 0 Å². The van der Waals surface area contributed by atoms with Crippen LogP contribution in [0.4, 0.5) is 0 Å². The van der Waals surface area contributed by atoms with Gasteiger partial charge in [0.15, 0.2) is 0 Å². The van der Waals surface area contributed by atoms with E-state index in [1.807, 2.05) is 12.1 Å². The Labute approximate surface area is 102 Å². The molecule has 0 amide bonds. The highest BCUT2D eigenvalue weighted by Crippen LogP contribution is 2.30. The summed E-state index contributed by atoms with van der Waals surface area (Å²) in [6.07, 6.45) is 3.58. The fourth-order valence-corrected chi connectivity index (χ4v) is 2.57. The molecule has 1 aliphatic rings. The van der Waals surface area contributed by atoms with Gasteiger partial charge in [-0.25, -0.2) is 0 Å². The van der Waals surface area contributed by atoms with Gasteiger partial charge in [0, 0.05) is 31.0 Å². The van der Waals surface area contributed by atoms with Gasteiger partial charge in [-0.15, -0.1) is 0 Å². The molecule has 0 bridgehead atoms. The molecule has 4 nitrogen and oxygen atoms in total. The van der Waals surface area contributed by atoms with Crippen molar-refractivity contribution in [2.24, 2.45) is 0 Å². The molecule has 2 aromatic rings. The molecule has 82 valence electrons. The van der Waals surface area contributed by atoms with Gasteiger partial charge in [0.1, 0.15) is 5.69 Å². The fourth-order valence-electron chi connectivity index (χ4n) is 1.91. The molecule has 3 rings (SSSR count). The summed E-state index contributed by atoms with van der Waals surface area (Å²) >= 11 is 3.63. The van der Waals surface area contributed by atoms with Crippen LogP contribution in [0.5, 0.6) is 0 Å². The Morgan fingerprint density at radius 2 is 2.12 bits per heavy atom. The van der Waals surface area contributed by atoms with Gasteiger partial charge in [-0.1, -0.05) is 0 Å². The van der Waals surface area contributed by atoms with E-state index >= 15 is 0 Å². The van der Waals surface area contributed by atoms with Crippen LogP contribution in [0.15, 0.2) is 29.0 Å². The number of hydrogen-bond donors (Lipinski definition) is 1. The summed E-state index contributed by atoms with van der Waals surface area (Å²) in [5.74, 6) is 0. The molecular weight excluding hydrogens is 268 g/mol. The van der Waals surface area contributed by atoms with Crippen molar-refractivity contribution in [3.8, 4) is 11.3 Å². The lowest BCUT2D eigenvalue weighted by Crippen LogP contribution is -2.28. The molecule has 0 aliphatic carbocycles. The van der Waals surface area contributed by atoms with E-state index in [1.165, 1.54) is 5.69 Å². The normalized spacial score (nSPS) is 14.8. The van der Waals surface area contributed by atoms with Gasteiger partial charge < -0.3 is 5.32 Å². The molecule has 0 aromatic carbocycles. The summed E-state index contributed by atoms with van der Waals surface area (Å²) in [4.78, 5) is 4.02. The van der Waals surface area contributed by atoms with Crippen molar-refractivity contribution in [1.29, 1.82) is 0 Å². The molecule has 16 heavy (non-hydrogen) atoms. The number of nitrogens with zero attached hydrogens (tertiary/aromatic N) is 3. The number of pyridine rings is 1. The number of aromatic nitrogens is 3. The summed E-state index contributed by atoms with van der Waals surface area (Å²) in [6, 6.07) is 3.96. The zero-order valence-electron chi connectivity index (χ0n) is 8.65. The molecule has 0 unspecified atom stereocenters. The number of rotatable bonds is 1. The maximum absolute atomic E-state index is 4.62. The first kappa shape index (κ1) is 9.99. The van der Waals surface area contributed by atoms with Crippen LogP contribution in [0.3, 0.4) is 0 Å². The van der Waals surface area contributed by atoms with E-state index in [2.05, 4.69) is 36.0 Å². The average Bonchev–Trinajstić information content (AvgIpc) is 2.69. The van der Waals surface area contributed by atoms with Crippen molar-refractivity contribution in [3.05, 3.63) is 34.7 Å². The Morgan fingerprint density at radius 3 is 2.88 bits per heavy atom. The summed E-state index contributed by atoms with van der Waals surface area (Å²) in [5, 5.41) is 7.97. The number of hydrogen-bond acceptors (Lipinski definition) is 3. The van der Waals surface area contributed by atoms with Crippen molar-refractivity contribution < 1.29 is 0 Å². The summed E-state index contributed by atoms with van der Waals surface area (Å²) in [6.45, 7) is 2.79. The fraction of sp³-hybridized carbons (Fsp3) is 0.273. The van der Waals surface area contributed by atoms with E-state index in [1.54, 1.807) is 12.4 Å². The average molecular weight is 279 g/mol. The Morgan fingerprint density at radius 1 is 1.31 bits per heavy atom. The minimum absolute atomic E-state index is 0.874. The third-order valence-corrected chi connectivity index (χ3v) is 3.57. The van der Waals surface area contributed by atoms with Crippen LogP contribution in [0.1, 0.15) is 5.69 Å². The van der Waals surface area contributed by atoms with Crippen LogP contribution in [0, 0.1) is 0 Å². The molecule has 0 saturated carbocycles. The summed E-state index contributed by atoms with van der Waals surface area (Å²) in [5.41, 5.74) is 3.32. The lowest BCUT2D eigenvalue weighted by atomic mass is 10.2. The first-order valence-electron chi connectivity index (χ1n) is 5.22. The predicted octanol–water partition coefficient (Wildman–Crippen LogP) is 1.81. The number of nitrogens with one attached hydrogen (secondary N) is 1. The van der Waals surface area contributed by atoms with E-state index in [-0.39, 0.29) is 0 Å². The van der Waals surface area contributed by atoms with E-state index in [4.69, 9.17) is 0 Å². The van der Waals surface area contributed by atoms with E-state index < -0.39 is 0 Å². The molecular formula is C11H11BrN4. The molecule has 2 aromatic heterocycles. The smallest absolute Gasteiger partial charge is 0.107 e. The van der Waals surface area contributed by atoms with Crippen LogP contribution in [0.2, 0.25) is 0 Å². The molecule has 1 aliphatic heterocycles. The van der Waals surface area contributed by atoms with E-state index in [0.717, 1.165) is 35.4 Å². The highest BCUT2D eigenvalue weighted by atomic mass is 79.9. The van der Waals surface area contributed by atoms with Crippen LogP contribution in [0.25, 0.3) is 11.3 Å². The minimum Gasteiger partial charge on any atom is -0.309 e. The summed E-state index contributed by atoms with van der Waals surface area (Å²) < 4.78 is 3.15. The van der Waals surface area contributed by atoms with Crippen LogP contribution < -0.4 is 5.32 Å². The predicted molar refractivity (Wildman–Crippen MR) is 64.9 cm³/mol. The van der Waals surface area contributed by atoms with Crippen LogP contribution in [-0.4, -0.2) is 21.3 Å². The lowest BCUT2D eigenvalue weighted by Gasteiger charge is -2.14. The monoisotopic (exact) mass is 278 g/mol. The molecule has 0 radical (unpaired) electrons. The van der Waals surface area contributed by atoms with Crippen LogP contribution >= 0.6 is 15.9 Å². The third kappa shape index (κ3) is 1.56. The molecule has 0 spiro atoms. The molecule has 0 atom stereocenters. The SMILES string of the molecule is Brc1c(-c2ccncc2)nn2c1CNCC2. The van der Waals surface area contributed by atoms with Gasteiger partial charge in [0.2, 0.25) is 0 Å². The zero-order valence-corrected chi connectivity index (χ0v) is 10.2. The topological polar surface area (TPSA) is 42.7 Å². The summed E-state index contributed by atoms with van der Waals surface area (Å²) in [7, 11) is 0. The largest absolute Gasteiger partial charge is 0.309 e. The highest BCUT2D eigenvalue weighted by molar-refractivity contribution is 9.10. The second-order valence-electron chi connectivity index (χ2n) is 3.75. The molecule has 1 N–H and O–H groups in total. The van der Waals surface area contributed by atoms with Crippen LogP contribution in [-0.2, 0) is 13.1 Å². The van der Waals surface area contributed by atoms with Gasteiger partial charge in [-0.3, -0.25) is 9.67 Å². The van der Waals surface area contributed by atoms with Crippen molar-refractivity contribution >= 4 is 15.9 Å². The lowest BCUT2D eigenvalue weighted by molar-refractivity contribution is 0.475. The minimum atomic E-state index is 0.874. The second kappa shape index (κ2) is 3.99. The van der Waals surface area contributed by atoms with Crippen molar-refractivity contribution in [2.45, 2.75) is 13.1 Å². The molecule has 0 fully saturated rings. The first-order valence-corrected chi connectivity index (χ1v) is 6.02. The Bertz CT molecular complexity index is 506. The number of fused-ring (bicyclic) bond motifs is 1. The first-order chi connectivity index (χ1) is 7.86. The standard InChI is InChI=1S/C11H11BrN4/c12-10-9-7-14-5-6-16(9)15-11(10)8-1-3-13-4-2-8/h1-4,14H,5-7H2. The van der Waals surface area contributed by atoms with Gasteiger partial charge in [-0.05, 0) is 28.1 Å². The van der Waals surface area contributed by atoms with Gasteiger partial charge in [0.25, 0.3) is 0 Å². The van der Waals surface area contributed by atoms with E-state index in [0.29, 0.717) is 0 Å². The Hall–Kier alpha value is -1.20. The highest BCUT2D eigenvalue weighted by Gasteiger charge is 2.18.